The molecular formula is C9H12N2O2. The maximum absolute atomic E-state index is 11.5. The Morgan fingerprint density at radius 3 is 2.92 bits per heavy atom. The van der Waals surface area contributed by atoms with Gasteiger partial charge in [0.2, 0.25) is 0 Å². The van der Waals surface area contributed by atoms with Crippen LogP contribution in [0, 0.1) is 0 Å². The second-order valence-electron chi connectivity index (χ2n) is 2.72. The Hall–Kier alpha value is -1.58. The van der Waals surface area contributed by atoms with Gasteiger partial charge >= 0.3 is 0 Å². The highest BCUT2D eigenvalue weighted by molar-refractivity contribution is 6.18. The number of hydrogen-bond acceptors (Lipinski definition) is 2. The van der Waals surface area contributed by atoms with E-state index in [1.807, 2.05) is 13.0 Å². The molecule has 0 saturated carbocycles. The van der Waals surface area contributed by atoms with Gasteiger partial charge in [-0.25, -0.2) is 0 Å². The quantitative estimate of drug-likeness (QED) is 0.599. The van der Waals surface area contributed by atoms with Crippen molar-refractivity contribution in [3.63, 3.8) is 0 Å². The maximum Gasteiger partial charge on any atom is 0.259 e. The van der Waals surface area contributed by atoms with Crippen LogP contribution in [0.5, 0.6) is 0 Å². The summed E-state index contributed by atoms with van der Waals surface area (Å²) >= 11 is 0. The Bertz CT molecular complexity index is 292. The SMILES string of the molecule is CCN1CC=CC=C(C(N)=O)C1=O. The zero-order valence-electron chi connectivity index (χ0n) is 7.49. The van der Waals surface area contributed by atoms with Crippen LogP contribution < -0.4 is 5.73 Å². The molecule has 2 N–H and O–H groups in total. The van der Waals surface area contributed by atoms with Crippen LogP contribution in [0.2, 0.25) is 0 Å². The molecule has 70 valence electrons. The molecule has 4 nitrogen and oxygen atoms in total. The van der Waals surface area contributed by atoms with Crippen molar-refractivity contribution in [3.05, 3.63) is 23.8 Å². The average Bonchev–Trinajstić information content (AvgIpc) is 2.26. The molecule has 4 heteroatoms. The number of rotatable bonds is 2. The van der Waals surface area contributed by atoms with E-state index in [0.717, 1.165) is 0 Å². The molecular weight excluding hydrogens is 168 g/mol. The standard InChI is InChI=1S/C9H12N2O2/c1-2-11-6-4-3-5-7(8(10)12)9(11)13/h3-5H,2,6H2,1H3,(H2,10,12). The molecule has 0 aromatic rings. The highest BCUT2D eigenvalue weighted by Gasteiger charge is 2.20. The van der Waals surface area contributed by atoms with Crippen LogP contribution in [0.4, 0.5) is 0 Å². The molecule has 0 bridgehead atoms. The number of allylic oxidation sites excluding steroid dienone is 2. The Balaban J connectivity index is 2.94. The minimum atomic E-state index is -0.671. The van der Waals surface area contributed by atoms with Crippen molar-refractivity contribution < 1.29 is 9.59 Å². The Kier molecular flexibility index (Phi) is 2.84. The molecule has 2 amide bonds. The minimum absolute atomic E-state index is 0.0515. The van der Waals surface area contributed by atoms with Crippen LogP contribution in [0.15, 0.2) is 23.8 Å². The molecule has 0 atom stereocenters. The van der Waals surface area contributed by atoms with E-state index in [0.29, 0.717) is 13.1 Å². The predicted molar refractivity (Wildman–Crippen MR) is 48.7 cm³/mol. The summed E-state index contributed by atoms with van der Waals surface area (Å²) in [5.74, 6) is -0.963. The third-order valence-corrected chi connectivity index (χ3v) is 1.89. The lowest BCUT2D eigenvalue weighted by molar-refractivity contribution is -0.128. The number of likely N-dealkylation sites (N-methyl/N-ethyl adjacent to an activating group) is 1. The molecule has 1 heterocycles. The maximum atomic E-state index is 11.5. The van der Waals surface area contributed by atoms with E-state index in [1.54, 1.807) is 11.0 Å². The molecule has 0 spiro atoms. The average molecular weight is 180 g/mol. The number of carbonyl (C=O) groups excluding carboxylic acids is 2. The lowest BCUT2D eigenvalue weighted by atomic mass is 10.2. The monoisotopic (exact) mass is 180 g/mol. The highest BCUT2D eigenvalue weighted by atomic mass is 16.2. The fraction of sp³-hybridized carbons (Fsp3) is 0.333. The van der Waals surface area contributed by atoms with Crippen molar-refractivity contribution in [1.82, 2.24) is 4.90 Å². The van der Waals surface area contributed by atoms with Crippen LogP contribution in [-0.2, 0) is 9.59 Å². The molecule has 0 aromatic carbocycles. The summed E-state index contributed by atoms with van der Waals surface area (Å²) in [5.41, 5.74) is 5.11. The Morgan fingerprint density at radius 2 is 2.38 bits per heavy atom. The fourth-order valence-corrected chi connectivity index (χ4v) is 1.14. The minimum Gasteiger partial charge on any atom is -0.365 e. The first-order chi connectivity index (χ1) is 6.16. The first-order valence-corrected chi connectivity index (χ1v) is 4.12. The molecule has 13 heavy (non-hydrogen) atoms. The smallest absolute Gasteiger partial charge is 0.259 e. The van der Waals surface area contributed by atoms with E-state index in [-0.39, 0.29) is 11.5 Å². The lowest BCUT2D eigenvalue weighted by Gasteiger charge is -2.17. The molecule has 0 aliphatic carbocycles. The second kappa shape index (κ2) is 3.89. The van der Waals surface area contributed by atoms with Crippen molar-refractivity contribution in [2.45, 2.75) is 6.92 Å². The van der Waals surface area contributed by atoms with Gasteiger partial charge in [-0.05, 0) is 13.0 Å². The molecule has 0 radical (unpaired) electrons. The molecule has 0 saturated heterocycles. The van der Waals surface area contributed by atoms with Gasteiger partial charge in [0.15, 0.2) is 0 Å². The van der Waals surface area contributed by atoms with E-state index in [4.69, 9.17) is 5.73 Å². The Morgan fingerprint density at radius 1 is 1.69 bits per heavy atom. The van der Waals surface area contributed by atoms with E-state index in [9.17, 15) is 9.59 Å². The number of amides is 2. The summed E-state index contributed by atoms with van der Waals surface area (Å²) < 4.78 is 0. The second-order valence-corrected chi connectivity index (χ2v) is 2.72. The van der Waals surface area contributed by atoms with Crippen LogP contribution in [0.25, 0.3) is 0 Å². The summed E-state index contributed by atoms with van der Waals surface area (Å²) in [5, 5.41) is 0. The van der Waals surface area contributed by atoms with Crippen molar-refractivity contribution >= 4 is 11.8 Å². The Labute approximate surface area is 76.7 Å². The number of nitrogens with two attached hydrogens (primary N) is 1. The molecule has 0 unspecified atom stereocenters. The number of carbonyl (C=O) groups is 2. The van der Waals surface area contributed by atoms with Crippen LogP contribution >= 0.6 is 0 Å². The van der Waals surface area contributed by atoms with Gasteiger partial charge in [0.25, 0.3) is 11.8 Å². The van der Waals surface area contributed by atoms with Gasteiger partial charge in [0.05, 0.1) is 0 Å². The summed E-state index contributed by atoms with van der Waals surface area (Å²) in [6.45, 7) is 2.96. The summed E-state index contributed by atoms with van der Waals surface area (Å²) in [6.07, 6.45) is 4.95. The van der Waals surface area contributed by atoms with E-state index >= 15 is 0 Å². The number of nitrogens with zero attached hydrogens (tertiary/aromatic N) is 1. The third kappa shape index (κ3) is 1.96. The van der Waals surface area contributed by atoms with Gasteiger partial charge in [-0.2, -0.15) is 0 Å². The number of primary amides is 1. The van der Waals surface area contributed by atoms with Crippen LogP contribution in [0.1, 0.15) is 6.92 Å². The third-order valence-electron chi connectivity index (χ3n) is 1.89. The summed E-state index contributed by atoms with van der Waals surface area (Å²) in [7, 11) is 0. The van der Waals surface area contributed by atoms with E-state index in [2.05, 4.69) is 0 Å². The lowest BCUT2D eigenvalue weighted by Crippen LogP contribution is -2.35. The van der Waals surface area contributed by atoms with E-state index < -0.39 is 5.91 Å². The molecule has 1 aliphatic rings. The number of hydrogen-bond donors (Lipinski definition) is 1. The van der Waals surface area contributed by atoms with Gasteiger partial charge in [-0.3, -0.25) is 9.59 Å². The summed E-state index contributed by atoms with van der Waals surface area (Å²) in [6, 6.07) is 0. The zero-order chi connectivity index (χ0) is 9.84. The van der Waals surface area contributed by atoms with Crippen LogP contribution in [-0.4, -0.2) is 29.8 Å². The normalized spacial score (nSPS) is 16.8. The van der Waals surface area contributed by atoms with E-state index in [1.165, 1.54) is 6.08 Å². The van der Waals surface area contributed by atoms with Crippen molar-refractivity contribution in [1.29, 1.82) is 0 Å². The molecule has 1 aliphatic heterocycles. The van der Waals surface area contributed by atoms with Gasteiger partial charge < -0.3 is 10.6 Å². The highest BCUT2D eigenvalue weighted by Crippen LogP contribution is 2.06. The molecule has 0 aromatic heterocycles. The van der Waals surface area contributed by atoms with Gasteiger partial charge in [0, 0.05) is 13.1 Å². The first kappa shape index (κ1) is 9.51. The zero-order valence-corrected chi connectivity index (χ0v) is 7.49. The first-order valence-electron chi connectivity index (χ1n) is 4.12. The molecule has 1 rings (SSSR count). The van der Waals surface area contributed by atoms with Crippen molar-refractivity contribution in [2.75, 3.05) is 13.1 Å². The summed E-state index contributed by atoms with van der Waals surface area (Å²) in [4.78, 5) is 23.9. The van der Waals surface area contributed by atoms with Gasteiger partial charge in [0.1, 0.15) is 5.57 Å². The largest absolute Gasteiger partial charge is 0.365 e. The van der Waals surface area contributed by atoms with Crippen LogP contribution in [0.3, 0.4) is 0 Å². The topological polar surface area (TPSA) is 63.4 Å². The van der Waals surface area contributed by atoms with Gasteiger partial charge in [-0.15, -0.1) is 0 Å². The molecule has 0 fully saturated rings. The predicted octanol–water partition coefficient (Wildman–Crippen LogP) is -0.184. The van der Waals surface area contributed by atoms with Gasteiger partial charge in [-0.1, -0.05) is 12.2 Å². The van der Waals surface area contributed by atoms with Crippen molar-refractivity contribution in [2.24, 2.45) is 5.73 Å². The van der Waals surface area contributed by atoms with Crippen molar-refractivity contribution in [3.8, 4) is 0 Å². The fourth-order valence-electron chi connectivity index (χ4n) is 1.14.